The molecule has 1 aliphatic rings. The van der Waals surface area contributed by atoms with Crippen molar-refractivity contribution < 1.29 is 19.0 Å². The summed E-state index contributed by atoms with van der Waals surface area (Å²) in [6, 6.07) is 11.7. The average Bonchev–Trinajstić information content (AvgIpc) is 3.25. The Morgan fingerprint density at radius 3 is 2.33 bits per heavy atom. The Kier molecular flexibility index (Phi) is 5.74. The Balaban J connectivity index is 1.62. The number of nitrogens with two attached hydrogens (primary N) is 1. The molecule has 1 atom stereocenters. The van der Waals surface area contributed by atoms with Crippen molar-refractivity contribution in [3.8, 4) is 34.4 Å². The minimum atomic E-state index is -0.566. The summed E-state index contributed by atoms with van der Waals surface area (Å²) in [5.74, 6) is 2.19. The first-order valence-corrected chi connectivity index (χ1v) is 10.3. The lowest BCUT2D eigenvalue weighted by molar-refractivity contribution is 0.181. The number of hydrogen-bond acceptors (Lipinski definition) is 7. The highest BCUT2D eigenvalue weighted by Gasteiger charge is 2.30. The molecule has 0 saturated carbocycles. The van der Waals surface area contributed by atoms with Gasteiger partial charge < -0.3 is 24.7 Å². The highest BCUT2D eigenvalue weighted by atomic mass is 16.5. The molecule has 7 heteroatoms. The molecule has 0 bridgehead atoms. The summed E-state index contributed by atoms with van der Waals surface area (Å²) in [5, 5.41) is 18.1. The van der Waals surface area contributed by atoms with Crippen molar-refractivity contribution in [2.75, 3.05) is 19.8 Å². The molecule has 0 amide bonds. The van der Waals surface area contributed by atoms with Gasteiger partial charge in [-0.2, -0.15) is 0 Å². The lowest BCUT2D eigenvalue weighted by atomic mass is 9.78. The van der Waals surface area contributed by atoms with E-state index in [0.717, 1.165) is 29.5 Å². The van der Waals surface area contributed by atoms with Crippen LogP contribution in [0.5, 0.6) is 11.5 Å². The van der Waals surface area contributed by atoms with Crippen LogP contribution >= 0.6 is 0 Å². The van der Waals surface area contributed by atoms with Gasteiger partial charge in [-0.1, -0.05) is 6.07 Å². The normalized spacial score (nSPS) is 18.1. The molecule has 7 nitrogen and oxygen atoms in total. The second-order valence-electron chi connectivity index (χ2n) is 7.62. The van der Waals surface area contributed by atoms with E-state index in [9.17, 15) is 5.11 Å². The molecular formula is C23H27N3O4. The summed E-state index contributed by atoms with van der Waals surface area (Å²) in [5.41, 5.74) is 9.70. The molecule has 3 aromatic rings. The maximum Gasteiger partial charge on any atom is 0.248 e. The van der Waals surface area contributed by atoms with E-state index in [1.165, 1.54) is 5.56 Å². The zero-order valence-corrected chi connectivity index (χ0v) is 17.4. The molecule has 2 aromatic carbocycles. The Morgan fingerprint density at radius 2 is 1.63 bits per heavy atom. The Labute approximate surface area is 175 Å². The van der Waals surface area contributed by atoms with E-state index in [0.29, 0.717) is 42.9 Å². The number of fused-ring (bicyclic) bond motifs is 1. The van der Waals surface area contributed by atoms with E-state index in [1.54, 1.807) is 0 Å². The molecule has 30 heavy (non-hydrogen) atoms. The van der Waals surface area contributed by atoms with E-state index in [1.807, 2.05) is 44.2 Å². The Hall–Kier alpha value is -2.90. The van der Waals surface area contributed by atoms with Crippen LogP contribution in [0.2, 0.25) is 0 Å². The van der Waals surface area contributed by atoms with Gasteiger partial charge in [0, 0.05) is 16.7 Å². The Bertz CT molecular complexity index is 1030. The number of nitrogens with zero attached hydrogens (tertiary/aromatic N) is 2. The maximum atomic E-state index is 9.62. The third-order valence-electron chi connectivity index (χ3n) is 5.42. The van der Waals surface area contributed by atoms with E-state index in [4.69, 9.17) is 19.6 Å². The smallest absolute Gasteiger partial charge is 0.248 e. The number of hydrogen-bond donors (Lipinski definition) is 2. The monoisotopic (exact) mass is 409 g/mol. The average molecular weight is 409 g/mol. The van der Waals surface area contributed by atoms with Crippen LogP contribution in [0.15, 0.2) is 40.8 Å². The lowest BCUT2D eigenvalue weighted by Gasteiger charge is -2.33. The van der Waals surface area contributed by atoms with Gasteiger partial charge in [-0.05, 0) is 74.6 Å². The number of aromatic nitrogens is 2. The van der Waals surface area contributed by atoms with Crippen molar-refractivity contribution in [2.24, 2.45) is 5.73 Å². The molecule has 0 unspecified atom stereocenters. The first-order chi connectivity index (χ1) is 14.5. The molecule has 0 saturated heterocycles. The highest BCUT2D eigenvalue weighted by Crippen LogP contribution is 2.34. The molecule has 0 fully saturated rings. The molecule has 3 N–H and O–H groups in total. The van der Waals surface area contributed by atoms with Crippen LogP contribution in [-0.2, 0) is 12.8 Å². The second-order valence-corrected chi connectivity index (χ2v) is 7.62. The number of aryl methyl sites for hydroxylation is 1. The third kappa shape index (κ3) is 4.04. The molecular weight excluding hydrogens is 382 g/mol. The fourth-order valence-electron chi connectivity index (χ4n) is 3.79. The number of aliphatic hydroxyl groups is 1. The molecule has 158 valence electrons. The number of rotatable bonds is 7. The van der Waals surface area contributed by atoms with Crippen LogP contribution in [0.1, 0.15) is 31.4 Å². The van der Waals surface area contributed by atoms with Crippen molar-refractivity contribution in [3.05, 3.63) is 47.5 Å². The number of ether oxygens (including phenoxy) is 2. The summed E-state index contributed by atoms with van der Waals surface area (Å²) in [6.45, 7) is 4.92. The van der Waals surface area contributed by atoms with Crippen molar-refractivity contribution in [1.29, 1.82) is 0 Å². The lowest BCUT2D eigenvalue weighted by Crippen LogP contribution is -2.48. The van der Waals surface area contributed by atoms with Crippen LogP contribution in [0, 0.1) is 0 Å². The van der Waals surface area contributed by atoms with Crippen molar-refractivity contribution in [1.82, 2.24) is 10.2 Å². The van der Waals surface area contributed by atoms with Gasteiger partial charge in [-0.3, -0.25) is 0 Å². The van der Waals surface area contributed by atoms with Gasteiger partial charge in [0.1, 0.15) is 0 Å². The summed E-state index contributed by atoms with van der Waals surface area (Å²) in [6.07, 6.45) is 2.26. The standard InChI is InChI=1S/C23H27N3O4/c1-3-28-19-8-7-17(12-20(19)29-4-2)22-26-25-21(30-22)16-6-5-15-9-10-23(24,14-27)13-18(15)11-16/h5-8,11-12,27H,3-4,9-10,13-14,24H2,1-2H3/t23-/m0/s1. The number of aliphatic hydroxyl groups excluding tert-OH is 1. The first-order valence-electron chi connectivity index (χ1n) is 10.3. The van der Waals surface area contributed by atoms with E-state index < -0.39 is 5.54 Å². The van der Waals surface area contributed by atoms with Gasteiger partial charge in [0.2, 0.25) is 11.8 Å². The fraction of sp³-hybridized carbons (Fsp3) is 0.391. The van der Waals surface area contributed by atoms with Crippen LogP contribution in [0.25, 0.3) is 22.9 Å². The van der Waals surface area contributed by atoms with E-state index in [2.05, 4.69) is 16.3 Å². The predicted octanol–water partition coefficient (Wildman–Crippen LogP) is 3.38. The predicted molar refractivity (Wildman–Crippen MR) is 114 cm³/mol. The maximum absolute atomic E-state index is 9.62. The van der Waals surface area contributed by atoms with E-state index in [-0.39, 0.29) is 6.61 Å². The molecule has 1 aromatic heterocycles. The summed E-state index contributed by atoms with van der Waals surface area (Å²) in [7, 11) is 0. The molecule has 0 radical (unpaired) electrons. The largest absolute Gasteiger partial charge is 0.490 e. The van der Waals surface area contributed by atoms with Crippen LogP contribution in [-0.4, -0.2) is 40.7 Å². The number of benzene rings is 2. The van der Waals surface area contributed by atoms with Gasteiger partial charge in [0.05, 0.1) is 19.8 Å². The van der Waals surface area contributed by atoms with Gasteiger partial charge in [-0.25, -0.2) is 0 Å². The quantitative estimate of drug-likeness (QED) is 0.616. The zero-order valence-electron chi connectivity index (χ0n) is 17.4. The highest BCUT2D eigenvalue weighted by molar-refractivity contribution is 5.62. The summed E-state index contributed by atoms with van der Waals surface area (Å²) < 4.78 is 17.3. The minimum Gasteiger partial charge on any atom is -0.490 e. The van der Waals surface area contributed by atoms with Crippen molar-refractivity contribution in [3.63, 3.8) is 0 Å². The van der Waals surface area contributed by atoms with Crippen LogP contribution in [0.4, 0.5) is 0 Å². The second kappa shape index (κ2) is 8.45. The topological polar surface area (TPSA) is 104 Å². The molecule has 0 aliphatic heterocycles. The van der Waals surface area contributed by atoms with Gasteiger partial charge in [0.25, 0.3) is 0 Å². The third-order valence-corrected chi connectivity index (χ3v) is 5.42. The summed E-state index contributed by atoms with van der Waals surface area (Å²) in [4.78, 5) is 0. The van der Waals surface area contributed by atoms with Crippen LogP contribution < -0.4 is 15.2 Å². The van der Waals surface area contributed by atoms with Crippen molar-refractivity contribution >= 4 is 0 Å². The van der Waals surface area contributed by atoms with Gasteiger partial charge >= 0.3 is 0 Å². The van der Waals surface area contributed by atoms with E-state index >= 15 is 0 Å². The fourth-order valence-corrected chi connectivity index (χ4v) is 3.79. The first kappa shape index (κ1) is 20.4. The summed E-state index contributed by atoms with van der Waals surface area (Å²) >= 11 is 0. The van der Waals surface area contributed by atoms with Crippen molar-refractivity contribution in [2.45, 2.75) is 38.6 Å². The zero-order chi connectivity index (χ0) is 21.1. The Morgan fingerprint density at radius 1 is 0.967 bits per heavy atom. The SMILES string of the molecule is CCOc1ccc(-c2nnc(-c3ccc4c(c3)C[C@](N)(CO)CC4)o2)cc1OCC. The molecule has 4 rings (SSSR count). The van der Waals surface area contributed by atoms with Gasteiger partial charge in [-0.15, -0.1) is 10.2 Å². The minimum absolute atomic E-state index is 0.0265. The molecule has 1 heterocycles. The van der Waals surface area contributed by atoms with Crippen LogP contribution in [0.3, 0.4) is 0 Å². The molecule has 0 spiro atoms. The van der Waals surface area contributed by atoms with Gasteiger partial charge in [0.15, 0.2) is 11.5 Å². The molecule has 1 aliphatic carbocycles.